The van der Waals surface area contributed by atoms with E-state index in [-0.39, 0.29) is 0 Å². The van der Waals surface area contributed by atoms with Crippen molar-refractivity contribution >= 4 is 28.6 Å². The van der Waals surface area contributed by atoms with E-state index in [9.17, 15) is 4.79 Å². The molecule has 2 aliphatic rings. The van der Waals surface area contributed by atoms with E-state index < -0.39 is 0 Å². The minimum Gasteiger partial charge on any atom is -0.368 e. The summed E-state index contributed by atoms with van der Waals surface area (Å²) >= 11 is 3.52. The van der Waals surface area contributed by atoms with E-state index in [1.807, 2.05) is 6.92 Å². The minimum atomic E-state index is 0.425. The molecule has 1 spiro atoms. The molecule has 0 radical (unpaired) electrons. The molecule has 1 amide bonds. The number of likely N-dealkylation sites (tertiary alicyclic amines) is 2. The van der Waals surface area contributed by atoms with Gasteiger partial charge in [0.15, 0.2) is 0 Å². The van der Waals surface area contributed by atoms with E-state index in [0.29, 0.717) is 11.8 Å². The lowest BCUT2D eigenvalue weighted by Gasteiger charge is -2.61. The molecule has 2 aliphatic heterocycles. The van der Waals surface area contributed by atoms with Crippen molar-refractivity contribution in [2.45, 2.75) is 13.5 Å². The zero-order chi connectivity index (χ0) is 16.3. The summed E-state index contributed by atoms with van der Waals surface area (Å²) in [6.45, 7) is 7.42. The van der Waals surface area contributed by atoms with Gasteiger partial charge >= 0.3 is 0 Å². The number of allylic oxidation sites excluding steroid dienone is 2. The topological polar surface area (TPSA) is 47.9 Å². The van der Waals surface area contributed by atoms with E-state index in [0.717, 1.165) is 42.9 Å². The molecular weight excluding hydrogens is 356 g/mol. The summed E-state index contributed by atoms with van der Waals surface area (Å²) in [5, 5.41) is 3.89. The largest absolute Gasteiger partial charge is 0.368 e. The quantitative estimate of drug-likeness (QED) is 0.470. The molecule has 0 bridgehead atoms. The van der Waals surface area contributed by atoms with Gasteiger partial charge in [-0.25, -0.2) is 5.43 Å². The van der Waals surface area contributed by atoms with Crippen molar-refractivity contribution in [1.29, 1.82) is 0 Å². The molecule has 3 rings (SSSR count). The summed E-state index contributed by atoms with van der Waals surface area (Å²) in [6.07, 6.45) is 2.27. The number of carbonyl (C=O) groups is 1. The van der Waals surface area contributed by atoms with Gasteiger partial charge in [0.1, 0.15) is 0 Å². The van der Waals surface area contributed by atoms with Gasteiger partial charge in [0.25, 0.3) is 0 Å². The molecule has 1 N–H and O–H groups in total. The fraction of sp³-hybridized carbons (Fsp3) is 0.412. The third-order valence-electron chi connectivity index (χ3n) is 4.43. The molecule has 0 saturated carbocycles. The predicted octanol–water partition coefficient (Wildman–Crippen LogP) is 2.16. The van der Waals surface area contributed by atoms with E-state index in [4.69, 9.17) is 0 Å². The van der Waals surface area contributed by atoms with Crippen molar-refractivity contribution in [1.82, 2.24) is 15.2 Å². The van der Waals surface area contributed by atoms with Crippen LogP contribution < -0.4 is 5.43 Å². The van der Waals surface area contributed by atoms with Gasteiger partial charge in [0, 0.05) is 42.6 Å². The molecule has 2 saturated heterocycles. The molecule has 0 atom stereocenters. The Kier molecular flexibility index (Phi) is 4.82. The first-order chi connectivity index (χ1) is 11.1. The Morgan fingerprint density at radius 3 is 2.61 bits per heavy atom. The van der Waals surface area contributed by atoms with Crippen LogP contribution in [0, 0.1) is 5.41 Å². The third-order valence-corrected chi connectivity index (χ3v) is 4.83. The molecule has 1 aromatic carbocycles. The van der Waals surface area contributed by atoms with Crippen molar-refractivity contribution in [3.8, 4) is 0 Å². The number of benzene rings is 1. The molecule has 6 heteroatoms. The van der Waals surface area contributed by atoms with E-state index in [1.165, 1.54) is 5.56 Å². The van der Waals surface area contributed by atoms with Crippen LogP contribution in [0.2, 0.25) is 0 Å². The van der Waals surface area contributed by atoms with Gasteiger partial charge < -0.3 is 4.90 Å². The van der Waals surface area contributed by atoms with Gasteiger partial charge in [0.2, 0.25) is 6.41 Å². The molecule has 0 aromatic heterocycles. The van der Waals surface area contributed by atoms with E-state index in [1.54, 1.807) is 6.21 Å². The normalized spacial score (nSPS) is 20.9. The lowest BCUT2D eigenvalue weighted by molar-refractivity contribution is -0.109. The molecule has 0 unspecified atom stereocenters. The summed E-state index contributed by atoms with van der Waals surface area (Å²) in [5.41, 5.74) is 5.15. The number of nitrogens with one attached hydrogen (secondary N) is 1. The van der Waals surface area contributed by atoms with Crippen molar-refractivity contribution in [2.24, 2.45) is 10.5 Å². The monoisotopic (exact) mass is 376 g/mol. The van der Waals surface area contributed by atoms with Crippen LogP contribution >= 0.6 is 15.9 Å². The summed E-state index contributed by atoms with van der Waals surface area (Å²) in [6, 6.07) is 10.6. The van der Waals surface area contributed by atoms with Crippen LogP contribution in [0.4, 0.5) is 0 Å². The smallest absolute Gasteiger partial charge is 0.227 e. The van der Waals surface area contributed by atoms with Gasteiger partial charge in [-0.15, -0.1) is 0 Å². The standard InChI is InChI=1S/C17H21BrN4O/c1-14(18)16(7-19-20-13-23)22-11-17(12-22)9-21(10-17)8-15-5-3-2-4-6-15/h2-7,13H,8-12H2,1H3,(H,20,23)/b16-14-,19-7-. The first-order valence-corrected chi connectivity index (χ1v) is 8.51. The maximum Gasteiger partial charge on any atom is 0.227 e. The highest BCUT2D eigenvalue weighted by atomic mass is 79.9. The summed E-state index contributed by atoms with van der Waals surface area (Å²) in [7, 11) is 0. The highest BCUT2D eigenvalue weighted by Gasteiger charge is 2.51. The second kappa shape index (κ2) is 6.84. The van der Waals surface area contributed by atoms with Gasteiger partial charge in [-0.1, -0.05) is 46.3 Å². The third kappa shape index (κ3) is 3.64. The van der Waals surface area contributed by atoms with Crippen LogP contribution in [-0.2, 0) is 11.3 Å². The Balaban J connectivity index is 1.50. The molecule has 5 nitrogen and oxygen atoms in total. The highest BCUT2D eigenvalue weighted by molar-refractivity contribution is 9.11. The number of nitrogens with zero attached hydrogens (tertiary/aromatic N) is 3. The van der Waals surface area contributed by atoms with Crippen molar-refractivity contribution < 1.29 is 4.79 Å². The minimum absolute atomic E-state index is 0.425. The second-order valence-corrected chi connectivity index (χ2v) is 7.60. The Labute approximate surface area is 145 Å². The molecule has 2 fully saturated rings. The number of hydrogen-bond donors (Lipinski definition) is 1. The number of amides is 1. The van der Waals surface area contributed by atoms with Gasteiger partial charge in [-0.3, -0.25) is 9.69 Å². The highest BCUT2D eigenvalue weighted by Crippen LogP contribution is 2.42. The molecule has 2 heterocycles. The van der Waals surface area contributed by atoms with Crippen LogP contribution in [0.1, 0.15) is 12.5 Å². The first-order valence-electron chi connectivity index (χ1n) is 7.72. The zero-order valence-corrected chi connectivity index (χ0v) is 14.8. The number of halogens is 1. The van der Waals surface area contributed by atoms with Crippen molar-refractivity contribution in [2.75, 3.05) is 26.2 Å². The fourth-order valence-electron chi connectivity index (χ4n) is 3.51. The first kappa shape index (κ1) is 16.2. The van der Waals surface area contributed by atoms with Crippen LogP contribution in [0.5, 0.6) is 0 Å². The Morgan fingerprint density at radius 1 is 1.30 bits per heavy atom. The van der Waals surface area contributed by atoms with Crippen molar-refractivity contribution in [3.63, 3.8) is 0 Å². The lowest BCUT2D eigenvalue weighted by Crippen LogP contribution is -2.71. The van der Waals surface area contributed by atoms with Crippen molar-refractivity contribution in [3.05, 3.63) is 46.1 Å². The average Bonchev–Trinajstić information content (AvgIpc) is 2.46. The number of hydrogen-bond acceptors (Lipinski definition) is 4. The predicted molar refractivity (Wildman–Crippen MR) is 95.0 cm³/mol. The molecule has 23 heavy (non-hydrogen) atoms. The Morgan fingerprint density at radius 2 is 2.00 bits per heavy atom. The summed E-state index contributed by atoms with van der Waals surface area (Å²) in [5.74, 6) is 0. The molecule has 0 aliphatic carbocycles. The van der Waals surface area contributed by atoms with E-state index >= 15 is 0 Å². The number of carbonyl (C=O) groups excluding carboxylic acids is 1. The van der Waals surface area contributed by atoms with Gasteiger partial charge in [0.05, 0.1) is 11.9 Å². The Bertz CT molecular complexity index is 611. The molecule has 122 valence electrons. The second-order valence-electron chi connectivity index (χ2n) is 6.41. The molecule has 1 aromatic rings. The van der Waals surface area contributed by atoms with Crippen LogP contribution in [0.15, 0.2) is 45.6 Å². The summed E-state index contributed by atoms with van der Waals surface area (Å²) in [4.78, 5) is 15.1. The lowest BCUT2D eigenvalue weighted by atomic mass is 9.72. The summed E-state index contributed by atoms with van der Waals surface area (Å²) < 4.78 is 1.03. The molecular formula is C17H21BrN4O. The number of rotatable bonds is 6. The fourth-order valence-corrected chi connectivity index (χ4v) is 3.86. The van der Waals surface area contributed by atoms with Gasteiger partial charge in [-0.05, 0) is 12.5 Å². The Hall–Kier alpha value is -1.66. The van der Waals surface area contributed by atoms with Crippen LogP contribution in [0.25, 0.3) is 0 Å². The average molecular weight is 377 g/mol. The maximum absolute atomic E-state index is 10.3. The van der Waals surface area contributed by atoms with Gasteiger partial charge in [-0.2, -0.15) is 5.10 Å². The van der Waals surface area contributed by atoms with Crippen LogP contribution in [0.3, 0.4) is 0 Å². The number of hydrazone groups is 1. The maximum atomic E-state index is 10.3. The SMILES string of the molecule is C/C(Br)=C(\C=N/NC=O)N1CC2(CN(Cc3ccccc3)C2)C1. The van der Waals surface area contributed by atoms with Crippen LogP contribution in [-0.4, -0.2) is 48.6 Å². The van der Waals surface area contributed by atoms with E-state index in [2.05, 4.69) is 66.6 Å². The zero-order valence-electron chi connectivity index (χ0n) is 13.2.